The van der Waals surface area contributed by atoms with Gasteiger partial charge >= 0.3 is 30.4 Å². The molecule has 0 aliphatic rings. The van der Waals surface area contributed by atoms with Crippen LogP contribution in [0.1, 0.15) is 0 Å². The predicted octanol–water partition coefficient (Wildman–Crippen LogP) is 4.97. The molecule has 1 nitrogen and oxygen atoms in total. The lowest BCUT2D eigenvalue weighted by Gasteiger charge is -2.40. The molecule has 0 N–H and O–H groups in total. The van der Waals surface area contributed by atoms with E-state index in [4.69, 9.17) is 0 Å². The summed E-state index contributed by atoms with van der Waals surface area (Å²) in [6.07, 6.45) is -16.7. The van der Waals surface area contributed by atoms with Gasteiger partial charge in [-0.05, 0) is 0 Å². The van der Waals surface area contributed by atoms with Crippen molar-refractivity contribution in [2.45, 2.75) is 30.4 Å². The van der Waals surface area contributed by atoms with Crippen molar-refractivity contribution >= 4 is 0 Å². The van der Waals surface area contributed by atoms with E-state index in [1.165, 1.54) is 0 Å². The van der Waals surface area contributed by atoms with E-state index in [0.717, 1.165) is 0 Å². The summed E-state index contributed by atoms with van der Waals surface area (Å²) in [5, 5.41) is 0. The van der Waals surface area contributed by atoms with Gasteiger partial charge in [0.2, 0.25) is 5.95 Å². The van der Waals surface area contributed by atoms with Crippen LogP contribution in [0.25, 0.3) is 0 Å². The van der Waals surface area contributed by atoms with Crippen LogP contribution in [0, 0.1) is 0 Å². The molecule has 0 fully saturated rings. The molecule has 0 saturated heterocycles. The van der Waals surface area contributed by atoms with E-state index >= 15 is 0 Å². The molecule has 0 atom stereocenters. The summed E-state index contributed by atoms with van der Waals surface area (Å²) in [4.78, 5) is -3.63. The van der Waals surface area contributed by atoms with E-state index in [-0.39, 0.29) is 0 Å². The minimum absolute atomic E-state index is 2.07. The van der Waals surface area contributed by atoms with Crippen molar-refractivity contribution in [1.29, 1.82) is 0 Å². The third-order valence-corrected chi connectivity index (χ3v) is 1.94. The van der Waals surface area contributed by atoms with Crippen molar-refractivity contribution in [3.63, 3.8) is 0 Å². The van der Waals surface area contributed by atoms with Crippen LogP contribution in [0.3, 0.4) is 0 Å². The summed E-state index contributed by atoms with van der Waals surface area (Å²) < 4.78 is 171. The molecule has 15 heteroatoms. The van der Waals surface area contributed by atoms with Crippen LogP contribution in [0.2, 0.25) is 0 Å². The molecule has 0 spiro atoms. The lowest BCUT2D eigenvalue weighted by Crippen LogP contribution is -2.67. The van der Waals surface area contributed by atoms with Gasteiger partial charge in [-0.15, -0.1) is 0 Å². The minimum Gasteiger partial charge on any atom is -0.213 e. The maximum atomic E-state index is 12.9. The van der Waals surface area contributed by atoms with Crippen LogP contribution >= 0.6 is 0 Å². The monoisotopic (exact) mass is 365 g/mol. The fraction of sp³-hybridized carbons (Fsp3) is 0.714. The molecule has 0 saturated carbocycles. The van der Waals surface area contributed by atoms with Crippen LogP contribution in [0.4, 0.5) is 61.5 Å². The zero-order valence-corrected chi connectivity index (χ0v) is 9.32. The minimum atomic E-state index is -7.57. The Labute approximate surface area is 110 Å². The lowest BCUT2D eigenvalue weighted by atomic mass is 10.2. The molecule has 0 aromatic carbocycles. The SMILES string of the molecule is FC=C(F)N(C(F)(F)C(F)(F)F)C(F)(F)C(F)(F)C(F)(F)F. The number of hydrogen-bond donors (Lipinski definition) is 0. The Bertz CT molecular complexity index is 427. The molecular weight excluding hydrogens is 364 g/mol. The first-order valence-corrected chi connectivity index (χ1v) is 4.38. The quantitative estimate of drug-likeness (QED) is 0.502. The van der Waals surface area contributed by atoms with Gasteiger partial charge in [-0.1, -0.05) is 0 Å². The van der Waals surface area contributed by atoms with Gasteiger partial charge in [0.1, 0.15) is 6.33 Å². The average molecular weight is 365 g/mol. The van der Waals surface area contributed by atoms with Gasteiger partial charge < -0.3 is 0 Å². The summed E-state index contributed by atoms with van der Waals surface area (Å²) in [5.74, 6) is -11.6. The van der Waals surface area contributed by atoms with Gasteiger partial charge in [-0.2, -0.15) is 57.1 Å². The molecule has 0 aliphatic carbocycles. The first-order valence-electron chi connectivity index (χ1n) is 4.38. The zero-order valence-electron chi connectivity index (χ0n) is 9.32. The van der Waals surface area contributed by atoms with Crippen molar-refractivity contribution in [2.24, 2.45) is 0 Å². The highest BCUT2D eigenvalue weighted by molar-refractivity contribution is 5.03. The average Bonchev–Trinajstić information content (AvgIpc) is 2.24. The van der Waals surface area contributed by atoms with Gasteiger partial charge in [-0.25, -0.2) is 9.29 Å². The van der Waals surface area contributed by atoms with Crippen LogP contribution in [-0.2, 0) is 0 Å². The van der Waals surface area contributed by atoms with Crippen molar-refractivity contribution in [2.75, 3.05) is 0 Å². The van der Waals surface area contributed by atoms with E-state index in [1.54, 1.807) is 0 Å². The molecule has 0 unspecified atom stereocenters. The fourth-order valence-corrected chi connectivity index (χ4v) is 0.931. The first-order chi connectivity index (χ1) is 9.35. The van der Waals surface area contributed by atoms with Gasteiger partial charge in [-0.3, -0.25) is 0 Å². The standard InChI is InChI=1S/C7HF14N/c8-1-2(9)22(7(20,21)5(15,16)17)6(18,19)3(10,11)4(12,13)14/h1H. The summed E-state index contributed by atoms with van der Waals surface area (Å²) in [6.45, 7) is 0. The molecule has 0 rings (SSSR count). The van der Waals surface area contributed by atoms with Crippen LogP contribution < -0.4 is 0 Å². The maximum absolute atomic E-state index is 12.9. The third-order valence-electron chi connectivity index (χ3n) is 1.94. The van der Waals surface area contributed by atoms with Crippen LogP contribution in [0.5, 0.6) is 0 Å². The normalized spacial score (nSPS) is 16.0. The highest BCUT2D eigenvalue weighted by atomic mass is 19.4. The Morgan fingerprint density at radius 2 is 1.00 bits per heavy atom. The molecular formula is C7HF14N. The topological polar surface area (TPSA) is 3.24 Å². The van der Waals surface area contributed by atoms with Crippen molar-refractivity contribution < 1.29 is 61.5 Å². The number of nitrogens with zero attached hydrogens (tertiary/aromatic N) is 1. The summed E-state index contributed by atoms with van der Waals surface area (Å²) in [5.41, 5.74) is 0. The predicted molar refractivity (Wildman–Crippen MR) is 39.1 cm³/mol. The summed E-state index contributed by atoms with van der Waals surface area (Å²) >= 11 is 0. The maximum Gasteiger partial charge on any atom is 0.475 e. The summed E-state index contributed by atoms with van der Waals surface area (Å²) in [6, 6.07) is -14.8. The Balaban J connectivity index is 6.39. The van der Waals surface area contributed by atoms with Crippen LogP contribution in [0.15, 0.2) is 12.3 Å². The molecule has 0 amide bonds. The van der Waals surface area contributed by atoms with Crippen molar-refractivity contribution in [3.8, 4) is 0 Å². The van der Waals surface area contributed by atoms with E-state index in [0.29, 0.717) is 0 Å². The largest absolute Gasteiger partial charge is 0.475 e. The van der Waals surface area contributed by atoms with E-state index < -0.39 is 47.5 Å². The second-order valence-corrected chi connectivity index (χ2v) is 3.42. The zero-order chi connectivity index (χ0) is 18.4. The second-order valence-electron chi connectivity index (χ2n) is 3.42. The molecule has 0 radical (unpaired) electrons. The van der Waals surface area contributed by atoms with E-state index in [1.807, 2.05) is 0 Å². The molecule has 0 bridgehead atoms. The Morgan fingerprint density at radius 3 is 1.23 bits per heavy atom. The molecule has 0 aliphatic heterocycles. The van der Waals surface area contributed by atoms with Gasteiger partial charge in [0.15, 0.2) is 0 Å². The third kappa shape index (κ3) is 3.02. The molecule has 22 heavy (non-hydrogen) atoms. The van der Waals surface area contributed by atoms with Crippen molar-refractivity contribution in [3.05, 3.63) is 12.3 Å². The van der Waals surface area contributed by atoms with E-state index in [2.05, 4.69) is 0 Å². The van der Waals surface area contributed by atoms with E-state index in [9.17, 15) is 61.5 Å². The smallest absolute Gasteiger partial charge is 0.213 e. The first kappa shape index (κ1) is 20.6. The number of hydrogen-bond acceptors (Lipinski definition) is 1. The molecule has 0 heterocycles. The van der Waals surface area contributed by atoms with Gasteiger partial charge in [0.05, 0.1) is 0 Å². The Kier molecular flexibility index (Phi) is 4.98. The Morgan fingerprint density at radius 1 is 0.636 bits per heavy atom. The lowest BCUT2D eigenvalue weighted by molar-refractivity contribution is -0.442. The highest BCUT2D eigenvalue weighted by Gasteiger charge is 2.81. The number of halogens is 14. The van der Waals surface area contributed by atoms with Crippen molar-refractivity contribution in [1.82, 2.24) is 4.90 Å². The van der Waals surface area contributed by atoms with Crippen LogP contribution in [-0.4, -0.2) is 35.3 Å². The molecule has 132 valence electrons. The second kappa shape index (κ2) is 5.33. The number of rotatable bonds is 4. The highest BCUT2D eigenvalue weighted by Crippen LogP contribution is 2.54. The van der Waals surface area contributed by atoms with Gasteiger partial charge in [0.25, 0.3) is 0 Å². The molecule has 0 aromatic rings. The summed E-state index contributed by atoms with van der Waals surface area (Å²) in [7, 11) is 0. The Hall–Kier alpha value is -1.44. The fourth-order valence-electron chi connectivity index (χ4n) is 0.931. The van der Waals surface area contributed by atoms with Gasteiger partial charge in [0, 0.05) is 0 Å². The molecule has 0 aromatic heterocycles. The number of alkyl halides is 12.